The SMILES string of the molecule is ClCCCC[Si]1CCCCO1. The molecule has 1 rings (SSSR count). The van der Waals surface area contributed by atoms with Crippen molar-refractivity contribution in [3.05, 3.63) is 0 Å². The molecule has 3 heteroatoms. The molecule has 1 heterocycles. The van der Waals surface area contributed by atoms with Crippen LogP contribution in [0.4, 0.5) is 0 Å². The largest absolute Gasteiger partial charge is 0.417 e. The summed E-state index contributed by atoms with van der Waals surface area (Å²) in [5, 5.41) is 0. The zero-order chi connectivity index (χ0) is 7.94. The van der Waals surface area contributed by atoms with Crippen molar-refractivity contribution in [2.24, 2.45) is 0 Å². The maximum atomic E-state index is 5.68. The van der Waals surface area contributed by atoms with E-state index < -0.39 is 0 Å². The molecule has 1 radical (unpaired) electrons. The van der Waals surface area contributed by atoms with Crippen LogP contribution in [0.3, 0.4) is 0 Å². The quantitative estimate of drug-likeness (QED) is 0.377. The van der Waals surface area contributed by atoms with Crippen LogP contribution in [-0.2, 0) is 4.43 Å². The van der Waals surface area contributed by atoms with Crippen LogP contribution in [0.2, 0.25) is 12.1 Å². The third-order valence-corrected chi connectivity index (χ3v) is 4.70. The van der Waals surface area contributed by atoms with E-state index in [1.54, 1.807) is 0 Å². The second-order valence-electron chi connectivity index (χ2n) is 2.99. The second-order valence-corrected chi connectivity index (χ2v) is 5.73. The van der Waals surface area contributed by atoms with Gasteiger partial charge in [-0.25, -0.2) is 0 Å². The first-order valence-electron chi connectivity index (χ1n) is 4.47. The van der Waals surface area contributed by atoms with Crippen LogP contribution in [0.1, 0.15) is 25.7 Å². The molecule has 1 aliphatic heterocycles. The molecule has 0 aromatic rings. The van der Waals surface area contributed by atoms with Crippen LogP contribution in [0.25, 0.3) is 0 Å². The highest BCUT2D eigenvalue weighted by molar-refractivity contribution is 6.51. The lowest BCUT2D eigenvalue weighted by atomic mass is 10.4. The van der Waals surface area contributed by atoms with Gasteiger partial charge in [-0.15, -0.1) is 11.6 Å². The number of halogens is 1. The van der Waals surface area contributed by atoms with Crippen molar-refractivity contribution in [3.8, 4) is 0 Å². The topological polar surface area (TPSA) is 9.23 Å². The standard InChI is InChI=1S/C8H16ClOSi/c9-5-1-3-7-11-8-4-2-6-10-11/h1-8H2. The maximum absolute atomic E-state index is 5.68. The molecule has 1 fully saturated rings. The highest BCUT2D eigenvalue weighted by Crippen LogP contribution is 2.16. The molecule has 0 amide bonds. The molecule has 0 atom stereocenters. The molecule has 1 saturated heterocycles. The number of hydrogen-bond donors (Lipinski definition) is 0. The van der Waals surface area contributed by atoms with Crippen molar-refractivity contribution < 1.29 is 4.43 Å². The maximum Gasteiger partial charge on any atom is 0.211 e. The molecule has 0 aromatic heterocycles. The van der Waals surface area contributed by atoms with Crippen LogP contribution in [0, 0.1) is 0 Å². The minimum Gasteiger partial charge on any atom is -0.417 e. The van der Waals surface area contributed by atoms with Gasteiger partial charge in [-0.05, 0) is 24.9 Å². The van der Waals surface area contributed by atoms with E-state index in [9.17, 15) is 0 Å². The first kappa shape index (κ1) is 9.55. The van der Waals surface area contributed by atoms with Gasteiger partial charge in [0.2, 0.25) is 9.04 Å². The zero-order valence-corrected chi connectivity index (χ0v) is 8.70. The summed E-state index contributed by atoms with van der Waals surface area (Å²) in [7, 11) is -0.379. The van der Waals surface area contributed by atoms with Crippen molar-refractivity contribution in [1.29, 1.82) is 0 Å². The Hall–Kier alpha value is 0.467. The number of hydrogen-bond acceptors (Lipinski definition) is 1. The van der Waals surface area contributed by atoms with Gasteiger partial charge in [0.1, 0.15) is 0 Å². The summed E-state index contributed by atoms with van der Waals surface area (Å²) >= 11 is 5.59. The van der Waals surface area contributed by atoms with Crippen molar-refractivity contribution in [2.45, 2.75) is 37.8 Å². The Bertz CT molecular complexity index is 94.1. The Balaban J connectivity index is 1.96. The molecule has 0 unspecified atom stereocenters. The summed E-state index contributed by atoms with van der Waals surface area (Å²) in [5.41, 5.74) is 0. The Morgan fingerprint density at radius 2 is 2.18 bits per heavy atom. The van der Waals surface area contributed by atoms with Gasteiger partial charge < -0.3 is 4.43 Å². The molecule has 0 aliphatic carbocycles. The zero-order valence-electron chi connectivity index (χ0n) is 6.94. The van der Waals surface area contributed by atoms with Crippen LogP contribution in [0.5, 0.6) is 0 Å². The summed E-state index contributed by atoms with van der Waals surface area (Å²) in [4.78, 5) is 0. The number of rotatable bonds is 4. The van der Waals surface area contributed by atoms with Crippen LogP contribution >= 0.6 is 11.6 Å². The molecule has 65 valence electrons. The van der Waals surface area contributed by atoms with Crippen LogP contribution in [-0.4, -0.2) is 21.5 Å². The molecule has 0 bridgehead atoms. The number of unbranched alkanes of at least 4 members (excludes halogenated alkanes) is 1. The van der Waals surface area contributed by atoms with E-state index in [1.807, 2.05) is 0 Å². The van der Waals surface area contributed by atoms with E-state index in [4.69, 9.17) is 16.0 Å². The Labute approximate surface area is 75.8 Å². The lowest BCUT2D eigenvalue weighted by Gasteiger charge is -2.19. The Morgan fingerprint density at radius 1 is 1.27 bits per heavy atom. The highest BCUT2D eigenvalue weighted by atomic mass is 35.5. The van der Waals surface area contributed by atoms with Gasteiger partial charge in [0, 0.05) is 12.5 Å². The third-order valence-electron chi connectivity index (χ3n) is 2.00. The summed E-state index contributed by atoms with van der Waals surface area (Å²) < 4.78 is 5.68. The molecule has 11 heavy (non-hydrogen) atoms. The van der Waals surface area contributed by atoms with E-state index in [1.165, 1.54) is 37.8 Å². The average Bonchev–Trinajstić information content (AvgIpc) is 2.07. The van der Waals surface area contributed by atoms with Crippen molar-refractivity contribution in [3.63, 3.8) is 0 Å². The van der Waals surface area contributed by atoms with E-state index in [0.717, 1.165) is 12.5 Å². The van der Waals surface area contributed by atoms with Gasteiger partial charge in [-0.1, -0.05) is 12.8 Å². The predicted molar refractivity (Wildman–Crippen MR) is 50.5 cm³/mol. The molecule has 0 N–H and O–H groups in total. The molecule has 0 saturated carbocycles. The van der Waals surface area contributed by atoms with E-state index in [2.05, 4.69) is 0 Å². The minimum atomic E-state index is -0.379. The molecular weight excluding hydrogens is 176 g/mol. The summed E-state index contributed by atoms with van der Waals surface area (Å²) in [5.74, 6) is 0.815. The fourth-order valence-corrected chi connectivity index (χ4v) is 3.78. The fraction of sp³-hybridized carbons (Fsp3) is 1.00. The molecule has 0 spiro atoms. The van der Waals surface area contributed by atoms with E-state index >= 15 is 0 Å². The normalized spacial score (nSPS) is 20.5. The number of alkyl halides is 1. The summed E-state index contributed by atoms with van der Waals surface area (Å²) in [6, 6.07) is 2.68. The van der Waals surface area contributed by atoms with Gasteiger partial charge in [-0.2, -0.15) is 0 Å². The first-order chi connectivity index (χ1) is 5.43. The van der Waals surface area contributed by atoms with Crippen molar-refractivity contribution in [1.82, 2.24) is 0 Å². The van der Waals surface area contributed by atoms with Crippen LogP contribution < -0.4 is 0 Å². The predicted octanol–water partition coefficient (Wildman–Crippen LogP) is 2.81. The van der Waals surface area contributed by atoms with Crippen LogP contribution in [0.15, 0.2) is 0 Å². The van der Waals surface area contributed by atoms with Gasteiger partial charge in [0.25, 0.3) is 0 Å². The molecule has 0 aromatic carbocycles. The Morgan fingerprint density at radius 3 is 2.82 bits per heavy atom. The van der Waals surface area contributed by atoms with Gasteiger partial charge in [-0.3, -0.25) is 0 Å². The lowest BCUT2D eigenvalue weighted by Crippen LogP contribution is -2.22. The summed E-state index contributed by atoms with van der Waals surface area (Å²) in [6.45, 7) is 1.02. The lowest BCUT2D eigenvalue weighted by molar-refractivity contribution is 0.286. The minimum absolute atomic E-state index is 0.379. The van der Waals surface area contributed by atoms with Gasteiger partial charge in [0.05, 0.1) is 0 Å². The van der Waals surface area contributed by atoms with Gasteiger partial charge >= 0.3 is 0 Å². The van der Waals surface area contributed by atoms with Crippen molar-refractivity contribution >= 4 is 20.6 Å². The highest BCUT2D eigenvalue weighted by Gasteiger charge is 2.15. The molecule has 1 aliphatic rings. The van der Waals surface area contributed by atoms with E-state index in [-0.39, 0.29) is 9.04 Å². The second kappa shape index (κ2) is 6.04. The van der Waals surface area contributed by atoms with Crippen molar-refractivity contribution in [2.75, 3.05) is 12.5 Å². The smallest absolute Gasteiger partial charge is 0.211 e. The van der Waals surface area contributed by atoms with E-state index in [0.29, 0.717) is 0 Å². The third kappa shape index (κ3) is 4.14. The molecular formula is C8H16ClOSi. The Kier molecular flexibility index (Phi) is 5.24. The monoisotopic (exact) mass is 191 g/mol. The molecule has 1 nitrogen and oxygen atoms in total. The average molecular weight is 192 g/mol. The first-order valence-corrected chi connectivity index (χ1v) is 6.82. The fourth-order valence-electron chi connectivity index (χ4n) is 1.33. The van der Waals surface area contributed by atoms with Gasteiger partial charge in [0.15, 0.2) is 0 Å². The summed E-state index contributed by atoms with van der Waals surface area (Å²) in [6.07, 6.45) is 5.12.